The van der Waals surface area contributed by atoms with Crippen LogP contribution in [0.25, 0.3) is 6.08 Å². The maximum absolute atomic E-state index is 14.0. The Balaban J connectivity index is 1.64. The summed E-state index contributed by atoms with van der Waals surface area (Å²) in [4.78, 5) is 43.5. The molecule has 0 N–H and O–H groups in total. The minimum absolute atomic E-state index is 0.156. The zero-order valence-corrected chi connectivity index (χ0v) is 26.4. The molecule has 0 saturated heterocycles. The fourth-order valence-electron chi connectivity index (χ4n) is 4.66. The summed E-state index contributed by atoms with van der Waals surface area (Å²) in [5.74, 6) is 0.916. The summed E-state index contributed by atoms with van der Waals surface area (Å²) < 4.78 is 14.5. The van der Waals surface area contributed by atoms with Gasteiger partial charge in [0, 0.05) is 36.6 Å². The van der Waals surface area contributed by atoms with E-state index in [1.807, 2.05) is 58.0 Å². The van der Waals surface area contributed by atoms with Gasteiger partial charge in [-0.25, -0.2) is 15.0 Å². The number of para-hydroxylation sites is 1. The third-order valence-corrected chi connectivity index (χ3v) is 9.34. The number of rotatable bonds is 8. The Bertz CT molecular complexity index is 1840. The molecule has 1 atom stereocenters. The Morgan fingerprint density at radius 2 is 2.00 bits per heavy atom. The minimum atomic E-state index is -0.703. The average molecular weight is 655 g/mol. The van der Waals surface area contributed by atoms with Gasteiger partial charge in [0.2, 0.25) is 0 Å². The Kier molecular flexibility index (Phi) is 8.62. The van der Waals surface area contributed by atoms with Gasteiger partial charge in [-0.1, -0.05) is 29.5 Å². The number of carbonyl (C=O) groups excluding carboxylic acids is 1. The Morgan fingerprint density at radius 3 is 2.71 bits per heavy atom. The molecule has 1 aliphatic rings. The van der Waals surface area contributed by atoms with Crippen LogP contribution in [0.1, 0.15) is 43.8 Å². The predicted octanol–water partition coefficient (Wildman–Crippen LogP) is 4.72. The molecule has 0 spiro atoms. The smallest absolute Gasteiger partial charge is 0.271 e. The fraction of sp³-hybridized carbons (Fsp3) is 0.276. The molecule has 0 bridgehead atoms. The van der Waals surface area contributed by atoms with E-state index in [1.165, 1.54) is 23.1 Å². The molecule has 0 aliphatic carbocycles. The fourth-order valence-corrected chi connectivity index (χ4v) is 7.00. The lowest BCUT2D eigenvalue weighted by Gasteiger charge is -2.29. The van der Waals surface area contributed by atoms with Crippen molar-refractivity contribution in [1.82, 2.24) is 19.4 Å². The summed E-state index contributed by atoms with van der Waals surface area (Å²) in [7, 11) is 1.58. The number of aryl methyl sites for hydroxylation is 1. The van der Waals surface area contributed by atoms with Crippen molar-refractivity contribution in [2.24, 2.45) is 4.99 Å². The lowest BCUT2D eigenvalue weighted by atomic mass is 9.94. The first-order chi connectivity index (χ1) is 19.7. The highest BCUT2D eigenvalue weighted by atomic mass is 79.9. The molecular weight excluding hydrogens is 626 g/mol. The molecule has 4 aromatic rings. The third-order valence-electron chi connectivity index (χ3n) is 6.64. The Labute approximate surface area is 253 Å². The standard InChI is InChI=1S/C29H28BrN5O4S2/c1-6-34(7-2)26(37)23-17(4)33-29-35(24(23)19-10-8-9-11-21(19)38-5)25(36)22(40-29)15-18-14-20(30)27(39-18)41-28-31-13-12-16(3)32-28/h8-15,24H,6-7H2,1-5H3/b22-15-/t24-/m1/s1. The SMILES string of the molecule is CCN(CC)C(=O)C1=C(C)N=c2s/c(=C\c3cc(Br)c(Sc4nccc(C)n4)o3)c(=O)n2[C@@H]1c1ccccc1OC. The molecule has 41 heavy (non-hydrogen) atoms. The van der Waals surface area contributed by atoms with E-state index in [0.717, 1.165) is 10.2 Å². The van der Waals surface area contributed by atoms with Gasteiger partial charge in [-0.2, -0.15) is 0 Å². The average Bonchev–Trinajstić information content (AvgIpc) is 3.45. The van der Waals surface area contributed by atoms with Crippen LogP contribution in [0, 0.1) is 6.92 Å². The summed E-state index contributed by atoms with van der Waals surface area (Å²) in [5.41, 5.74) is 2.32. The largest absolute Gasteiger partial charge is 0.496 e. The predicted molar refractivity (Wildman–Crippen MR) is 162 cm³/mol. The quantitative estimate of drug-likeness (QED) is 0.254. The Morgan fingerprint density at radius 1 is 1.24 bits per heavy atom. The number of ether oxygens (including phenoxy) is 1. The molecule has 1 aliphatic heterocycles. The molecule has 4 heterocycles. The zero-order valence-electron chi connectivity index (χ0n) is 23.2. The molecule has 0 unspecified atom stereocenters. The van der Waals surface area contributed by atoms with Gasteiger partial charge in [0.05, 0.1) is 27.4 Å². The van der Waals surface area contributed by atoms with E-state index in [0.29, 0.717) is 61.0 Å². The molecule has 0 saturated carbocycles. The van der Waals surface area contributed by atoms with Crippen LogP contribution in [0.15, 0.2) is 82.8 Å². The number of nitrogens with zero attached hydrogens (tertiary/aromatic N) is 5. The first-order valence-electron chi connectivity index (χ1n) is 13.0. The van der Waals surface area contributed by atoms with Crippen LogP contribution in [-0.2, 0) is 4.79 Å². The van der Waals surface area contributed by atoms with Crippen LogP contribution in [0.3, 0.4) is 0 Å². The van der Waals surface area contributed by atoms with Crippen molar-refractivity contribution < 1.29 is 13.9 Å². The number of benzene rings is 1. The topological polar surface area (TPSA) is 103 Å². The van der Waals surface area contributed by atoms with Crippen LogP contribution in [0.4, 0.5) is 0 Å². The van der Waals surface area contributed by atoms with E-state index in [2.05, 4.69) is 25.9 Å². The molecular formula is C29H28BrN5O4S2. The van der Waals surface area contributed by atoms with Gasteiger partial charge in [0.15, 0.2) is 15.1 Å². The number of hydrogen-bond donors (Lipinski definition) is 0. The van der Waals surface area contributed by atoms with Crippen LogP contribution in [0.2, 0.25) is 0 Å². The van der Waals surface area contributed by atoms with E-state index in [1.54, 1.807) is 34.9 Å². The molecule has 1 aromatic carbocycles. The molecule has 0 radical (unpaired) electrons. The number of aromatic nitrogens is 3. The number of fused-ring (bicyclic) bond motifs is 1. The van der Waals surface area contributed by atoms with Gasteiger partial charge in [-0.3, -0.25) is 14.2 Å². The summed E-state index contributed by atoms with van der Waals surface area (Å²) in [6.07, 6.45) is 3.39. The van der Waals surface area contributed by atoms with Crippen LogP contribution in [-0.4, -0.2) is 45.5 Å². The van der Waals surface area contributed by atoms with Crippen LogP contribution >= 0.6 is 39.0 Å². The number of likely N-dealkylation sites (N-methyl/N-ethyl adjacent to an activating group) is 1. The molecule has 3 aromatic heterocycles. The molecule has 212 valence electrons. The highest BCUT2D eigenvalue weighted by Gasteiger charge is 2.35. The maximum atomic E-state index is 14.0. The molecule has 0 fully saturated rings. The number of amides is 1. The number of furan rings is 1. The summed E-state index contributed by atoms with van der Waals surface area (Å²) in [5, 5.41) is 1.13. The van der Waals surface area contributed by atoms with E-state index >= 15 is 0 Å². The number of thiazole rings is 1. The lowest BCUT2D eigenvalue weighted by molar-refractivity contribution is -0.127. The maximum Gasteiger partial charge on any atom is 0.271 e. The summed E-state index contributed by atoms with van der Waals surface area (Å²) in [6, 6.07) is 10.4. The van der Waals surface area contributed by atoms with Crippen molar-refractivity contribution in [2.45, 2.75) is 44.0 Å². The number of allylic oxidation sites excluding steroid dienone is 1. The van der Waals surface area contributed by atoms with Gasteiger partial charge in [-0.15, -0.1) is 0 Å². The normalized spacial score (nSPS) is 15.1. The zero-order chi connectivity index (χ0) is 29.3. The Hall–Kier alpha value is -3.48. The van der Waals surface area contributed by atoms with Crippen molar-refractivity contribution in [1.29, 1.82) is 0 Å². The second-order valence-corrected chi connectivity index (χ2v) is 12.0. The first-order valence-corrected chi connectivity index (χ1v) is 15.4. The van der Waals surface area contributed by atoms with Crippen LogP contribution in [0.5, 0.6) is 5.75 Å². The second kappa shape index (κ2) is 12.2. The van der Waals surface area contributed by atoms with Crippen molar-refractivity contribution in [3.05, 3.63) is 95.0 Å². The van der Waals surface area contributed by atoms with Crippen molar-refractivity contribution in [2.75, 3.05) is 20.2 Å². The molecule has 1 amide bonds. The number of methoxy groups -OCH3 is 1. The lowest BCUT2D eigenvalue weighted by Crippen LogP contribution is -2.43. The number of hydrogen-bond acceptors (Lipinski definition) is 9. The third kappa shape index (κ3) is 5.68. The number of halogens is 1. The van der Waals surface area contributed by atoms with Crippen molar-refractivity contribution >= 4 is 51.0 Å². The van der Waals surface area contributed by atoms with E-state index < -0.39 is 6.04 Å². The highest BCUT2D eigenvalue weighted by molar-refractivity contribution is 9.10. The number of carbonyl (C=O) groups is 1. The van der Waals surface area contributed by atoms with E-state index in [9.17, 15) is 9.59 Å². The first kappa shape index (κ1) is 29.0. The molecule has 12 heteroatoms. The highest BCUT2D eigenvalue weighted by Crippen LogP contribution is 2.37. The van der Waals surface area contributed by atoms with Gasteiger partial charge in [-0.05, 0) is 73.6 Å². The second-order valence-electron chi connectivity index (χ2n) is 9.17. The van der Waals surface area contributed by atoms with Crippen LogP contribution < -0.4 is 19.6 Å². The van der Waals surface area contributed by atoms with E-state index in [-0.39, 0.29) is 11.5 Å². The van der Waals surface area contributed by atoms with Gasteiger partial charge in [0.25, 0.3) is 11.5 Å². The van der Waals surface area contributed by atoms with Crippen molar-refractivity contribution in [3.8, 4) is 5.75 Å². The monoisotopic (exact) mass is 653 g/mol. The van der Waals surface area contributed by atoms with E-state index in [4.69, 9.17) is 14.1 Å². The van der Waals surface area contributed by atoms with Crippen molar-refractivity contribution in [3.63, 3.8) is 0 Å². The van der Waals surface area contributed by atoms with Gasteiger partial charge < -0.3 is 14.1 Å². The minimum Gasteiger partial charge on any atom is -0.496 e. The summed E-state index contributed by atoms with van der Waals surface area (Å²) >= 11 is 6.08. The summed E-state index contributed by atoms with van der Waals surface area (Å²) in [6.45, 7) is 8.66. The molecule has 9 nitrogen and oxygen atoms in total. The van der Waals surface area contributed by atoms with Gasteiger partial charge in [0.1, 0.15) is 17.6 Å². The van der Waals surface area contributed by atoms with Gasteiger partial charge >= 0.3 is 0 Å². The molecule has 5 rings (SSSR count).